The van der Waals surface area contributed by atoms with E-state index in [1.165, 1.54) is 6.07 Å². The summed E-state index contributed by atoms with van der Waals surface area (Å²) in [5, 5.41) is 6.88. The Balaban J connectivity index is 0.00000243. The lowest BCUT2D eigenvalue weighted by Gasteiger charge is -2.29. The second-order valence-corrected chi connectivity index (χ2v) is 6.92. The van der Waals surface area contributed by atoms with Crippen molar-refractivity contribution in [1.82, 2.24) is 15.5 Å². The van der Waals surface area contributed by atoms with E-state index < -0.39 is 0 Å². The topological polar surface area (TPSA) is 94.0 Å². The van der Waals surface area contributed by atoms with Crippen LogP contribution >= 0.6 is 12.4 Å². The zero-order chi connectivity index (χ0) is 18.0. The molecule has 2 aromatic rings. The number of nitrogens with two attached hydrogens (primary N) is 1. The molecule has 0 spiro atoms. The van der Waals surface area contributed by atoms with E-state index in [9.17, 15) is 9.18 Å². The lowest BCUT2D eigenvalue weighted by molar-refractivity contribution is -0.123. The standard InChI is InChI=1S/C18H23FN4O2.ClH/c1-11-3-4-12(9-14(11)19)17-21-16(25-23-17)8-7-15(24)22-18(2,10-20)13-5-6-13;/h3-4,9,13H,5-8,10,20H2,1-2H3,(H,22,24);1H. The van der Waals surface area contributed by atoms with Crippen molar-refractivity contribution in [1.29, 1.82) is 0 Å². The highest BCUT2D eigenvalue weighted by molar-refractivity contribution is 5.85. The van der Waals surface area contributed by atoms with E-state index in [1.54, 1.807) is 19.1 Å². The zero-order valence-corrected chi connectivity index (χ0v) is 15.7. The van der Waals surface area contributed by atoms with Crippen molar-refractivity contribution < 1.29 is 13.7 Å². The van der Waals surface area contributed by atoms with Crippen molar-refractivity contribution in [3.63, 3.8) is 0 Å². The lowest BCUT2D eigenvalue weighted by atomic mass is 9.95. The van der Waals surface area contributed by atoms with E-state index in [-0.39, 0.29) is 36.1 Å². The predicted molar refractivity (Wildman–Crippen MR) is 98.3 cm³/mol. The summed E-state index contributed by atoms with van der Waals surface area (Å²) in [5.41, 5.74) is 6.58. The van der Waals surface area contributed by atoms with Crippen LogP contribution in [0.2, 0.25) is 0 Å². The highest BCUT2D eigenvalue weighted by Gasteiger charge is 2.41. The third-order valence-electron chi connectivity index (χ3n) is 4.79. The fourth-order valence-corrected chi connectivity index (χ4v) is 2.85. The Bertz CT molecular complexity index is 778. The van der Waals surface area contributed by atoms with Crippen LogP contribution in [-0.2, 0) is 11.2 Å². The van der Waals surface area contributed by atoms with Crippen LogP contribution in [0.4, 0.5) is 4.39 Å². The molecule has 1 aromatic heterocycles. The van der Waals surface area contributed by atoms with Crippen molar-refractivity contribution in [2.45, 2.75) is 45.1 Å². The summed E-state index contributed by atoms with van der Waals surface area (Å²) in [6, 6.07) is 4.78. The van der Waals surface area contributed by atoms with Gasteiger partial charge in [-0.3, -0.25) is 4.79 Å². The van der Waals surface area contributed by atoms with Crippen molar-refractivity contribution >= 4 is 18.3 Å². The van der Waals surface area contributed by atoms with E-state index in [4.69, 9.17) is 10.3 Å². The van der Waals surface area contributed by atoms with Gasteiger partial charge in [0.05, 0.1) is 5.54 Å². The minimum Gasteiger partial charge on any atom is -0.349 e. The van der Waals surface area contributed by atoms with Gasteiger partial charge in [0.1, 0.15) is 5.82 Å². The molecule has 142 valence electrons. The molecule has 1 fully saturated rings. The van der Waals surface area contributed by atoms with Crippen LogP contribution in [0.25, 0.3) is 11.4 Å². The minimum atomic E-state index is -0.337. The molecule has 3 N–H and O–H groups in total. The maximum atomic E-state index is 13.6. The van der Waals surface area contributed by atoms with Crippen LogP contribution in [0, 0.1) is 18.7 Å². The van der Waals surface area contributed by atoms with Gasteiger partial charge in [0, 0.05) is 24.9 Å². The van der Waals surface area contributed by atoms with Gasteiger partial charge < -0.3 is 15.6 Å². The number of carbonyl (C=O) groups excluding carboxylic acids is 1. The number of nitrogens with zero attached hydrogens (tertiary/aromatic N) is 2. The van der Waals surface area contributed by atoms with Crippen LogP contribution in [0.15, 0.2) is 22.7 Å². The Morgan fingerprint density at radius 1 is 1.46 bits per heavy atom. The Hall–Kier alpha value is -1.99. The summed E-state index contributed by atoms with van der Waals surface area (Å²) < 4.78 is 18.8. The number of benzene rings is 1. The molecular weight excluding hydrogens is 359 g/mol. The summed E-state index contributed by atoms with van der Waals surface area (Å²) in [6.07, 6.45) is 2.78. The van der Waals surface area contributed by atoms with Crippen LogP contribution in [0.3, 0.4) is 0 Å². The van der Waals surface area contributed by atoms with E-state index in [2.05, 4.69) is 15.5 Å². The van der Waals surface area contributed by atoms with Gasteiger partial charge in [-0.1, -0.05) is 17.3 Å². The number of nitrogens with one attached hydrogen (secondary N) is 1. The maximum absolute atomic E-state index is 13.6. The van der Waals surface area contributed by atoms with Crippen molar-refractivity contribution in [3.8, 4) is 11.4 Å². The molecule has 1 amide bonds. The fourth-order valence-electron chi connectivity index (χ4n) is 2.85. The minimum absolute atomic E-state index is 0. The number of halogens is 2. The summed E-state index contributed by atoms with van der Waals surface area (Å²) in [7, 11) is 0. The number of aryl methyl sites for hydroxylation is 2. The van der Waals surface area contributed by atoms with Crippen LogP contribution in [0.5, 0.6) is 0 Å². The average molecular weight is 383 g/mol. The molecule has 1 aliphatic carbocycles. The van der Waals surface area contributed by atoms with Gasteiger partial charge in [-0.25, -0.2) is 4.39 Å². The Kier molecular flexibility index (Phi) is 6.36. The second-order valence-electron chi connectivity index (χ2n) is 6.92. The third kappa shape index (κ3) is 4.59. The monoisotopic (exact) mass is 382 g/mol. The molecule has 0 radical (unpaired) electrons. The Morgan fingerprint density at radius 3 is 2.81 bits per heavy atom. The SMILES string of the molecule is Cc1ccc(-c2noc(CCC(=O)NC(C)(CN)C3CC3)n2)cc1F.Cl. The zero-order valence-electron chi connectivity index (χ0n) is 14.9. The van der Waals surface area contributed by atoms with Gasteiger partial charge in [0.2, 0.25) is 17.6 Å². The number of hydrogen-bond acceptors (Lipinski definition) is 5. The van der Waals surface area contributed by atoms with E-state index in [0.29, 0.717) is 41.7 Å². The third-order valence-corrected chi connectivity index (χ3v) is 4.79. The van der Waals surface area contributed by atoms with Crippen molar-refractivity contribution in [2.24, 2.45) is 11.7 Å². The summed E-state index contributed by atoms with van der Waals surface area (Å²) >= 11 is 0. The van der Waals surface area contributed by atoms with Crippen molar-refractivity contribution in [2.75, 3.05) is 6.54 Å². The lowest BCUT2D eigenvalue weighted by Crippen LogP contribution is -2.53. The molecule has 1 aliphatic rings. The van der Waals surface area contributed by atoms with Gasteiger partial charge in [0.25, 0.3) is 0 Å². The van der Waals surface area contributed by atoms with E-state index >= 15 is 0 Å². The summed E-state index contributed by atoms with van der Waals surface area (Å²) in [4.78, 5) is 16.4. The van der Waals surface area contributed by atoms with Crippen molar-refractivity contribution in [3.05, 3.63) is 35.5 Å². The summed E-state index contributed by atoms with van der Waals surface area (Å²) in [5.74, 6) is 0.740. The number of amides is 1. The molecule has 1 heterocycles. The van der Waals surface area contributed by atoms with Gasteiger partial charge in [-0.05, 0) is 44.2 Å². The highest BCUT2D eigenvalue weighted by Crippen LogP contribution is 2.39. The maximum Gasteiger partial charge on any atom is 0.227 e. The fraction of sp³-hybridized carbons (Fsp3) is 0.500. The molecule has 0 aliphatic heterocycles. The molecule has 8 heteroatoms. The molecule has 1 aromatic carbocycles. The molecular formula is C18H24ClFN4O2. The van der Waals surface area contributed by atoms with Crippen LogP contribution < -0.4 is 11.1 Å². The largest absolute Gasteiger partial charge is 0.349 e. The number of rotatable bonds is 7. The molecule has 0 saturated heterocycles. The van der Waals surface area contributed by atoms with Gasteiger partial charge in [-0.15, -0.1) is 12.4 Å². The Labute approximate surface area is 158 Å². The van der Waals surface area contributed by atoms with Gasteiger partial charge in [0.15, 0.2) is 0 Å². The predicted octanol–water partition coefficient (Wildman–Crippen LogP) is 2.78. The number of hydrogen-bond donors (Lipinski definition) is 2. The van der Waals surface area contributed by atoms with E-state index in [1.807, 2.05) is 6.92 Å². The quantitative estimate of drug-likeness (QED) is 0.767. The smallest absolute Gasteiger partial charge is 0.227 e. The van der Waals surface area contributed by atoms with Gasteiger partial charge >= 0.3 is 0 Å². The summed E-state index contributed by atoms with van der Waals surface area (Å²) in [6.45, 7) is 4.10. The van der Waals surface area contributed by atoms with E-state index in [0.717, 1.165) is 12.8 Å². The average Bonchev–Trinajstić information content (AvgIpc) is 3.35. The molecule has 6 nitrogen and oxygen atoms in total. The normalized spacial score (nSPS) is 15.8. The first-order valence-electron chi connectivity index (χ1n) is 8.51. The highest BCUT2D eigenvalue weighted by atomic mass is 35.5. The first-order valence-corrected chi connectivity index (χ1v) is 8.51. The first-order chi connectivity index (χ1) is 11.9. The first kappa shape index (κ1) is 20.3. The molecule has 0 bridgehead atoms. The molecule has 26 heavy (non-hydrogen) atoms. The molecule has 1 unspecified atom stereocenters. The van der Waals surface area contributed by atoms with Gasteiger partial charge in [-0.2, -0.15) is 4.98 Å². The number of carbonyl (C=O) groups is 1. The molecule has 3 rings (SSSR count). The van der Waals surface area contributed by atoms with Crippen LogP contribution in [0.1, 0.15) is 37.6 Å². The second kappa shape index (κ2) is 8.14. The van der Waals surface area contributed by atoms with Crippen LogP contribution in [-0.4, -0.2) is 28.1 Å². The molecule has 1 atom stereocenters. The Morgan fingerprint density at radius 2 is 2.19 bits per heavy atom. The number of aromatic nitrogens is 2. The molecule has 1 saturated carbocycles.